The van der Waals surface area contributed by atoms with Gasteiger partial charge >= 0.3 is 0 Å². The molecule has 2 aromatic carbocycles. The molecule has 4 rings (SSSR count). The number of hydrogen-bond acceptors (Lipinski definition) is 6. The van der Waals surface area contributed by atoms with Crippen molar-refractivity contribution in [3.05, 3.63) is 75.7 Å². The van der Waals surface area contributed by atoms with Crippen LogP contribution < -0.4 is 14.8 Å². The van der Waals surface area contributed by atoms with E-state index in [-0.39, 0.29) is 17.9 Å². The zero-order valence-electron chi connectivity index (χ0n) is 18.0. The van der Waals surface area contributed by atoms with Crippen LogP contribution in [0.25, 0.3) is 0 Å². The highest BCUT2D eigenvalue weighted by atomic mass is 32.1. The van der Waals surface area contributed by atoms with Crippen LogP contribution in [0.4, 0.5) is 0 Å². The van der Waals surface area contributed by atoms with Crippen molar-refractivity contribution >= 4 is 17.2 Å². The fraction of sp³-hybridized carbons (Fsp3) is 0.333. The van der Waals surface area contributed by atoms with E-state index in [1.165, 1.54) is 16.9 Å². The minimum Gasteiger partial charge on any atom is -0.497 e. The van der Waals surface area contributed by atoms with E-state index < -0.39 is 0 Å². The van der Waals surface area contributed by atoms with Crippen molar-refractivity contribution in [2.75, 3.05) is 27.3 Å². The molecule has 3 aromatic rings. The molecule has 0 radical (unpaired) electrons. The number of aryl methyl sites for hydroxylation is 1. The topological polar surface area (TPSA) is 63.7 Å². The molecule has 1 aliphatic heterocycles. The number of thiazole rings is 1. The third-order valence-electron chi connectivity index (χ3n) is 5.75. The largest absolute Gasteiger partial charge is 0.497 e. The summed E-state index contributed by atoms with van der Waals surface area (Å²) in [6.07, 6.45) is 0. The number of methoxy groups -OCH3 is 2. The number of nitrogens with zero attached hydrogens (tertiary/aromatic N) is 2. The monoisotopic (exact) mass is 437 g/mol. The Kier molecular flexibility index (Phi) is 6.53. The summed E-state index contributed by atoms with van der Waals surface area (Å²) in [5.74, 6) is 1.59. The van der Waals surface area contributed by atoms with Gasteiger partial charge in [0.25, 0.3) is 5.91 Å². The van der Waals surface area contributed by atoms with Crippen molar-refractivity contribution < 1.29 is 14.3 Å². The van der Waals surface area contributed by atoms with Crippen molar-refractivity contribution in [1.29, 1.82) is 0 Å². The third-order valence-corrected chi connectivity index (χ3v) is 6.68. The van der Waals surface area contributed by atoms with Gasteiger partial charge in [0, 0.05) is 31.1 Å². The van der Waals surface area contributed by atoms with Gasteiger partial charge < -0.3 is 14.8 Å². The molecule has 6 nitrogen and oxygen atoms in total. The zero-order chi connectivity index (χ0) is 21.8. The highest BCUT2D eigenvalue weighted by molar-refractivity contribution is 7.11. The van der Waals surface area contributed by atoms with Gasteiger partial charge in [0.05, 0.1) is 31.5 Å². The van der Waals surface area contributed by atoms with Gasteiger partial charge in [-0.05, 0) is 30.7 Å². The van der Waals surface area contributed by atoms with Crippen molar-refractivity contribution in [1.82, 2.24) is 15.2 Å². The second kappa shape index (κ2) is 9.49. The normalized spacial score (nSPS) is 18.7. The van der Waals surface area contributed by atoms with E-state index in [2.05, 4.69) is 39.5 Å². The fourth-order valence-electron chi connectivity index (χ4n) is 4.20. The average molecular weight is 438 g/mol. The van der Waals surface area contributed by atoms with Gasteiger partial charge in [-0.25, -0.2) is 4.98 Å². The summed E-state index contributed by atoms with van der Waals surface area (Å²) in [4.78, 5) is 20.3. The molecule has 0 bridgehead atoms. The molecule has 1 aliphatic rings. The molecular formula is C24H27N3O3S. The van der Waals surface area contributed by atoms with Gasteiger partial charge in [-0.2, -0.15) is 0 Å². The summed E-state index contributed by atoms with van der Waals surface area (Å²) in [5.41, 5.74) is 4.77. The summed E-state index contributed by atoms with van der Waals surface area (Å²) < 4.78 is 11.1. The summed E-state index contributed by atoms with van der Waals surface area (Å²) in [6.45, 7) is 4.26. The fourth-order valence-corrected chi connectivity index (χ4v) is 4.91. The molecule has 1 N–H and O–H groups in total. The molecule has 2 atom stereocenters. The Morgan fingerprint density at radius 2 is 1.97 bits per heavy atom. The Balaban J connectivity index is 1.62. The highest BCUT2D eigenvalue weighted by Crippen LogP contribution is 2.37. The summed E-state index contributed by atoms with van der Waals surface area (Å²) >= 11 is 1.37. The quantitative estimate of drug-likeness (QED) is 0.608. The molecule has 0 unspecified atom stereocenters. The first kappa shape index (κ1) is 21.3. The Hall–Kier alpha value is -2.90. The van der Waals surface area contributed by atoms with Gasteiger partial charge in [-0.15, -0.1) is 11.3 Å². The van der Waals surface area contributed by atoms with E-state index in [0.717, 1.165) is 42.4 Å². The number of ether oxygens (including phenoxy) is 2. The van der Waals surface area contributed by atoms with Gasteiger partial charge in [0.15, 0.2) is 0 Å². The Labute approximate surface area is 186 Å². The van der Waals surface area contributed by atoms with E-state index in [1.54, 1.807) is 19.7 Å². The van der Waals surface area contributed by atoms with E-state index >= 15 is 0 Å². The number of benzene rings is 2. The molecule has 0 spiro atoms. The molecule has 1 fully saturated rings. The van der Waals surface area contributed by atoms with Crippen molar-refractivity contribution in [2.24, 2.45) is 0 Å². The molecule has 7 heteroatoms. The smallest absolute Gasteiger partial charge is 0.263 e. The standard InChI is InChI=1S/C24H27N3O3S/c1-16-23(31-15-25-16)24(28)26-21-14-27(12-17-7-5-4-6-8-17)13-20(21)19-11-18(29-2)9-10-22(19)30-3/h4-11,15,20-21H,12-14H2,1-3H3,(H,26,28)/t20-,21+/m0/s1. The van der Waals surface area contributed by atoms with Crippen LogP contribution in [0.5, 0.6) is 11.5 Å². The van der Waals surface area contributed by atoms with E-state index in [0.29, 0.717) is 4.88 Å². The lowest BCUT2D eigenvalue weighted by Gasteiger charge is -2.22. The number of nitrogens with one attached hydrogen (secondary N) is 1. The first-order chi connectivity index (χ1) is 15.1. The molecule has 162 valence electrons. The molecule has 2 heterocycles. The van der Waals surface area contributed by atoms with Gasteiger partial charge in [0.2, 0.25) is 0 Å². The summed E-state index contributed by atoms with van der Waals surface area (Å²) in [6, 6.07) is 16.2. The van der Waals surface area contributed by atoms with Crippen LogP contribution in [0, 0.1) is 6.92 Å². The molecule has 1 amide bonds. The van der Waals surface area contributed by atoms with E-state index in [4.69, 9.17) is 9.47 Å². The lowest BCUT2D eigenvalue weighted by Crippen LogP contribution is -2.39. The minimum absolute atomic E-state index is 0.0567. The van der Waals surface area contributed by atoms with E-state index in [1.807, 2.05) is 31.2 Å². The van der Waals surface area contributed by atoms with Crippen LogP contribution >= 0.6 is 11.3 Å². The minimum atomic E-state index is -0.0709. The second-order valence-electron chi connectivity index (χ2n) is 7.74. The van der Waals surface area contributed by atoms with Gasteiger partial charge in [0.1, 0.15) is 16.4 Å². The maximum absolute atomic E-state index is 13.0. The maximum Gasteiger partial charge on any atom is 0.263 e. The lowest BCUT2D eigenvalue weighted by atomic mass is 9.93. The second-order valence-corrected chi connectivity index (χ2v) is 8.60. The molecular weight excluding hydrogens is 410 g/mol. The van der Waals surface area contributed by atoms with Crippen molar-refractivity contribution in [3.63, 3.8) is 0 Å². The van der Waals surface area contributed by atoms with E-state index in [9.17, 15) is 4.79 Å². The maximum atomic E-state index is 13.0. The van der Waals surface area contributed by atoms with Crippen LogP contribution in [-0.2, 0) is 6.54 Å². The third kappa shape index (κ3) is 4.73. The molecule has 0 saturated carbocycles. The number of hydrogen-bond donors (Lipinski definition) is 1. The average Bonchev–Trinajstić information content (AvgIpc) is 3.39. The number of rotatable bonds is 7. The van der Waals surface area contributed by atoms with Crippen LogP contribution in [0.15, 0.2) is 54.0 Å². The first-order valence-corrected chi connectivity index (χ1v) is 11.2. The molecule has 31 heavy (non-hydrogen) atoms. The summed E-state index contributed by atoms with van der Waals surface area (Å²) in [5, 5.41) is 3.27. The Morgan fingerprint density at radius 1 is 1.16 bits per heavy atom. The van der Waals surface area contributed by atoms with Crippen molar-refractivity contribution in [2.45, 2.75) is 25.4 Å². The predicted octanol–water partition coefficient (Wildman–Crippen LogP) is 3.87. The number of likely N-dealkylation sites (tertiary alicyclic amines) is 1. The van der Waals surface area contributed by atoms with Gasteiger partial charge in [-0.3, -0.25) is 9.69 Å². The van der Waals surface area contributed by atoms with Crippen molar-refractivity contribution in [3.8, 4) is 11.5 Å². The molecule has 1 saturated heterocycles. The zero-order valence-corrected chi connectivity index (χ0v) is 18.8. The molecule has 0 aliphatic carbocycles. The predicted molar refractivity (Wildman–Crippen MR) is 122 cm³/mol. The van der Waals surface area contributed by atoms with Crippen LogP contribution in [0.2, 0.25) is 0 Å². The Bertz CT molecular complexity index is 1040. The van der Waals surface area contributed by atoms with Crippen LogP contribution in [0.1, 0.15) is 32.4 Å². The SMILES string of the molecule is COc1ccc(OC)c([C@@H]2CN(Cc3ccccc3)C[C@H]2NC(=O)c2scnc2C)c1. The number of amides is 1. The summed E-state index contributed by atoms with van der Waals surface area (Å²) in [7, 11) is 3.34. The first-order valence-electron chi connectivity index (χ1n) is 10.3. The van der Waals surface area contributed by atoms with Crippen LogP contribution in [-0.4, -0.2) is 49.1 Å². The molecule has 1 aromatic heterocycles. The lowest BCUT2D eigenvalue weighted by molar-refractivity contribution is 0.0938. The van der Waals surface area contributed by atoms with Gasteiger partial charge in [-0.1, -0.05) is 30.3 Å². The number of aromatic nitrogens is 1. The number of carbonyl (C=O) groups is 1. The number of carbonyl (C=O) groups excluding carboxylic acids is 1. The van der Waals surface area contributed by atoms with Crippen LogP contribution in [0.3, 0.4) is 0 Å². The highest BCUT2D eigenvalue weighted by Gasteiger charge is 2.37. The Morgan fingerprint density at radius 3 is 2.65 bits per heavy atom.